The van der Waals surface area contributed by atoms with E-state index in [-0.39, 0.29) is 0 Å². The summed E-state index contributed by atoms with van der Waals surface area (Å²) in [5.74, 6) is 0.607. The number of rotatable bonds is 5. The fraction of sp³-hybridized carbons (Fsp3) is 0.600. The highest BCUT2D eigenvalue weighted by molar-refractivity contribution is 9.10. The zero-order chi connectivity index (χ0) is 12.9. The van der Waals surface area contributed by atoms with Gasteiger partial charge >= 0.3 is 0 Å². The third-order valence-electron chi connectivity index (χ3n) is 3.07. The Morgan fingerprint density at radius 1 is 1.18 bits per heavy atom. The normalized spacial score (nSPS) is 13.7. The SMILES string of the molecule is CC(C)(C)CCC(CN)Cc1ccc(Br)cc1. The minimum Gasteiger partial charge on any atom is -0.330 e. The molecule has 17 heavy (non-hydrogen) atoms. The predicted octanol–water partition coefficient (Wildman–Crippen LogP) is 4.39. The second-order valence-electron chi connectivity index (χ2n) is 6.03. The monoisotopic (exact) mass is 297 g/mol. The van der Waals surface area contributed by atoms with Gasteiger partial charge in [-0.3, -0.25) is 0 Å². The number of halogens is 1. The largest absolute Gasteiger partial charge is 0.330 e. The van der Waals surface area contributed by atoms with E-state index in [0.29, 0.717) is 11.3 Å². The van der Waals surface area contributed by atoms with Crippen molar-refractivity contribution in [2.45, 2.75) is 40.0 Å². The molecule has 2 heteroatoms. The van der Waals surface area contributed by atoms with E-state index < -0.39 is 0 Å². The summed E-state index contributed by atoms with van der Waals surface area (Å²) in [7, 11) is 0. The van der Waals surface area contributed by atoms with Gasteiger partial charge < -0.3 is 5.73 Å². The standard InChI is InChI=1S/C15H24BrN/c1-15(2,3)9-8-13(11-17)10-12-4-6-14(16)7-5-12/h4-7,13H,8-11,17H2,1-3H3. The molecule has 0 aromatic heterocycles. The van der Waals surface area contributed by atoms with Crippen LogP contribution < -0.4 is 5.73 Å². The lowest BCUT2D eigenvalue weighted by molar-refractivity contribution is 0.323. The molecule has 1 nitrogen and oxygen atoms in total. The second kappa shape index (κ2) is 6.55. The molecule has 1 rings (SSSR count). The summed E-state index contributed by atoms with van der Waals surface area (Å²) < 4.78 is 1.14. The van der Waals surface area contributed by atoms with Gasteiger partial charge in [0.25, 0.3) is 0 Å². The first-order valence-corrected chi connectivity index (χ1v) is 7.14. The van der Waals surface area contributed by atoms with Crippen LogP contribution in [0.15, 0.2) is 28.7 Å². The van der Waals surface area contributed by atoms with Crippen molar-refractivity contribution in [3.8, 4) is 0 Å². The third kappa shape index (κ3) is 6.23. The lowest BCUT2D eigenvalue weighted by Gasteiger charge is -2.22. The summed E-state index contributed by atoms with van der Waals surface area (Å²) >= 11 is 3.46. The van der Waals surface area contributed by atoms with Gasteiger partial charge in [-0.1, -0.05) is 48.8 Å². The molecule has 0 aliphatic carbocycles. The van der Waals surface area contributed by atoms with E-state index in [0.717, 1.165) is 17.4 Å². The van der Waals surface area contributed by atoms with Gasteiger partial charge in [0, 0.05) is 4.47 Å². The summed E-state index contributed by atoms with van der Waals surface area (Å²) in [6.45, 7) is 7.66. The molecule has 0 bridgehead atoms. The van der Waals surface area contributed by atoms with E-state index in [1.165, 1.54) is 18.4 Å². The molecule has 1 aromatic rings. The highest BCUT2D eigenvalue weighted by atomic mass is 79.9. The number of benzene rings is 1. The molecule has 0 aliphatic rings. The lowest BCUT2D eigenvalue weighted by atomic mass is 9.85. The van der Waals surface area contributed by atoms with Crippen LogP contribution in [0.1, 0.15) is 39.2 Å². The van der Waals surface area contributed by atoms with Crippen LogP contribution in [0.5, 0.6) is 0 Å². The van der Waals surface area contributed by atoms with Crippen molar-refractivity contribution in [1.82, 2.24) is 0 Å². The van der Waals surface area contributed by atoms with Gasteiger partial charge in [0.1, 0.15) is 0 Å². The van der Waals surface area contributed by atoms with Crippen molar-refractivity contribution in [2.24, 2.45) is 17.1 Å². The maximum atomic E-state index is 5.87. The minimum absolute atomic E-state index is 0.410. The van der Waals surface area contributed by atoms with Crippen LogP contribution in [-0.4, -0.2) is 6.54 Å². The van der Waals surface area contributed by atoms with E-state index in [2.05, 4.69) is 61.0 Å². The average molecular weight is 298 g/mol. The molecule has 2 N–H and O–H groups in total. The molecule has 0 amide bonds. The Morgan fingerprint density at radius 3 is 2.24 bits per heavy atom. The Labute approximate surface area is 114 Å². The number of hydrogen-bond donors (Lipinski definition) is 1. The summed E-state index contributed by atoms with van der Waals surface area (Å²) in [6.07, 6.45) is 3.56. The van der Waals surface area contributed by atoms with Crippen molar-refractivity contribution >= 4 is 15.9 Å². The summed E-state index contributed by atoms with van der Waals surface area (Å²) in [5.41, 5.74) is 7.67. The Bertz CT molecular complexity index is 324. The molecule has 0 radical (unpaired) electrons. The van der Waals surface area contributed by atoms with Crippen molar-refractivity contribution in [3.63, 3.8) is 0 Å². The Kier molecular flexibility index (Phi) is 5.68. The molecule has 1 atom stereocenters. The zero-order valence-corrected chi connectivity index (χ0v) is 12.8. The maximum absolute atomic E-state index is 5.87. The van der Waals surface area contributed by atoms with Crippen LogP contribution in [0.3, 0.4) is 0 Å². The van der Waals surface area contributed by atoms with Gasteiger partial charge in [0.15, 0.2) is 0 Å². The Hall–Kier alpha value is -0.340. The first-order valence-electron chi connectivity index (χ1n) is 6.35. The van der Waals surface area contributed by atoms with Gasteiger partial charge in [-0.15, -0.1) is 0 Å². The summed E-state index contributed by atoms with van der Waals surface area (Å²) in [6, 6.07) is 8.58. The topological polar surface area (TPSA) is 26.0 Å². The molecule has 1 aromatic carbocycles. The Morgan fingerprint density at radius 2 is 1.76 bits per heavy atom. The van der Waals surface area contributed by atoms with Gasteiger partial charge in [-0.25, -0.2) is 0 Å². The van der Waals surface area contributed by atoms with E-state index in [9.17, 15) is 0 Å². The average Bonchev–Trinajstić information content (AvgIpc) is 2.25. The van der Waals surface area contributed by atoms with E-state index in [4.69, 9.17) is 5.73 Å². The molecule has 0 fully saturated rings. The second-order valence-corrected chi connectivity index (χ2v) is 6.95. The van der Waals surface area contributed by atoms with Crippen molar-refractivity contribution < 1.29 is 0 Å². The lowest BCUT2D eigenvalue weighted by Crippen LogP contribution is -2.19. The van der Waals surface area contributed by atoms with Gasteiger partial charge in [-0.2, -0.15) is 0 Å². The van der Waals surface area contributed by atoms with Crippen molar-refractivity contribution in [1.29, 1.82) is 0 Å². The maximum Gasteiger partial charge on any atom is 0.0175 e. The smallest absolute Gasteiger partial charge is 0.0175 e. The molecule has 0 saturated heterocycles. The molecular weight excluding hydrogens is 274 g/mol. The van der Waals surface area contributed by atoms with Crippen LogP contribution in [0, 0.1) is 11.3 Å². The molecule has 96 valence electrons. The van der Waals surface area contributed by atoms with Gasteiger partial charge in [0.05, 0.1) is 0 Å². The quantitative estimate of drug-likeness (QED) is 0.857. The van der Waals surface area contributed by atoms with Crippen LogP contribution in [0.25, 0.3) is 0 Å². The van der Waals surface area contributed by atoms with E-state index in [1.807, 2.05) is 0 Å². The molecule has 0 spiro atoms. The zero-order valence-electron chi connectivity index (χ0n) is 11.2. The first-order chi connectivity index (χ1) is 7.90. The Balaban J connectivity index is 2.49. The molecular formula is C15H24BrN. The van der Waals surface area contributed by atoms with Crippen LogP contribution >= 0.6 is 15.9 Å². The number of hydrogen-bond acceptors (Lipinski definition) is 1. The van der Waals surface area contributed by atoms with Crippen LogP contribution in [0.4, 0.5) is 0 Å². The van der Waals surface area contributed by atoms with E-state index in [1.54, 1.807) is 0 Å². The number of nitrogens with two attached hydrogens (primary N) is 1. The fourth-order valence-electron chi connectivity index (χ4n) is 1.89. The molecule has 0 aliphatic heterocycles. The van der Waals surface area contributed by atoms with Gasteiger partial charge in [0.2, 0.25) is 0 Å². The third-order valence-corrected chi connectivity index (χ3v) is 3.60. The summed E-state index contributed by atoms with van der Waals surface area (Å²) in [5, 5.41) is 0. The van der Waals surface area contributed by atoms with E-state index >= 15 is 0 Å². The summed E-state index contributed by atoms with van der Waals surface area (Å²) in [4.78, 5) is 0. The molecule has 0 heterocycles. The first kappa shape index (κ1) is 14.7. The van der Waals surface area contributed by atoms with Crippen LogP contribution in [-0.2, 0) is 6.42 Å². The minimum atomic E-state index is 0.410. The molecule has 0 saturated carbocycles. The highest BCUT2D eigenvalue weighted by Gasteiger charge is 2.14. The highest BCUT2D eigenvalue weighted by Crippen LogP contribution is 2.25. The van der Waals surface area contributed by atoms with Crippen molar-refractivity contribution in [3.05, 3.63) is 34.3 Å². The fourth-order valence-corrected chi connectivity index (χ4v) is 2.16. The van der Waals surface area contributed by atoms with Crippen molar-refractivity contribution in [2.75, 3.05) is 6.54 Å². The molecule has 1 unspecified atom stereocenters. The van der Waals surface area contributed by atoms with Crippen LogP contribution in [0.2, 0.25) is 0 Å². The predicted molar refractivity (Wildman–Crippen MR) is 79.1 cm³/mol. The van der Waals surface area contributed by atoms with Gasteiger partial charge in [-0.05, 0) is 54.8 Å².